The van der Waals surface area contributed by atoms with E-state index in [9.17, 15) is 19.8 Å². The van der Waals surface area contributed by atoms with Crippen molar-refractivity contribution in [1.29, 1.82) is 0 Å². The standard InChI is InChI=1S/C15H21NO6/c1-5-6-9-7-8-10(17)11(18)15(9)12(19)14(2,21-3)16(22-4)13(15)20/h6-8,11-12,18-19H,5H2,1-4H3/b9-6-/t11-,12-,14+,15+/m0/s1. The maximum Gasteiger partial charge on any atom is 0.265 e. The number of hydroxylamine groups is 2. The Morgan fingerprint density at radius 1 is 1.32 bits per heavy atom. The van der Waals surface area contributed by atoms with Gasteiger partial charge in [-0.15, -0.1) is 0 Å². The van der Waals surface area contributed by atoms with Crippen molar-refractivity contribution >= 4 is 11.7 Å². The van der Waals surface area contributed by atoms with Crippen LogP contribution in [-0.2, 0) is 19.2 Å². The molecule has 1 fully saturated rings. The SMILES string of the molecule is CC/C=C1/C=CC(=O)[C@H](O)[C@]12C(=O)N(OC)[C@](C)(OC)[C@@H]2O. The molecule has 22 heavy (non-hydrogen) atoms. The van der Waals surface area contributed by atoms with Crippen LogP contribution in [0, 0.1) is 5.41 Å². The van der Waals surface area contributed by atoms with E-state index in [-0.39, 0.29) is 0 Å². The number of aliphatic hydroxyl groups is 2. The topological polar surface area (TPSA) is 96.3 Å². The highest BCUT2D eigenvalue weighted by molar-refractivity contribution is 6.05. The second-order valence-electron chi connectivity index (χ2n) is 5.52. The quantitative estimate of drug-likeness (QED) is 0.758. The highest BCUT2D eigenvalue weighted by atomic mass is 16.7. The van der Waals surface area contributed by atoms with Crippen molar-refractivity contribution in [1.82, 2.24) is 5.06 Å². The van der Waals surface area contributed by atoms with Crippen LogP contribution in [0.3, 0.4) is 0 Å². The van der Waals surface area contributed by atoms with Gasteiger partial charge in [0, 0.05) is 7.11 Å². The van der Waals surface area contributed by atoms with Crippen molar-refractivity contribution in [3.8, 4) is 0 Å². The third-order valence-corrected chi connectivity index (χ3v) is 4.51. The maximum absolute atomic E-state index is 12.9. The summed E-state index contributed by atoms with van der Waals surface area (Å²) in [5, 5.41) is 22.1. The molecular weight excluding hydrogens is 290 g/mol. The minimum atomic E-state index is -1.83. The number of aliphatic hydroxyl groups excluding tert-OH is 2. The molecule has 122 valence electrons. The molecule has 1 heterocycles. The van der Waals surface area contributed by atoms with Crippen molar-refractivity contribution in [2.24, 2.45) is 5.41 Å². The predicted molar refractivity (Wildman–Crippen MR) is 76.2 cm³/mol. The summed E-state index contributed by atoms with van der Waals surface area (Å²) in [4.78, 5) is 29.9. The summed E-state index contributed by atoms with van der Waals surface area (Å²) in [6, 6.07) is 0. The lowest BCUT2D eigenvalue weighted by Gasteiger charge is -2.39. The summed E-state index contributed by atoms with van der Waals surface area (Å²) in [5.41, 5.74) is -2.98. The van der Waals surface area contributed by atoms with Gasteiger partial charge < -0.3 is 14.9 Å². The largest absolute Gasteiger partial charge is 0.386 e. The summed E-state index contributed by atoms with van der Waals surface area (Å²) in [6.07, 6.45) is 1.74. The molecule has 2 rings (SSSR count). The van der Waals surface area contributed by atoms with E-state index in [0.29, 0.717) is 12.0 Å². The maximum atomic E-state index is 12.9. The van der Waals surface area contributed by atoms with Crippen LogP contribution in [0.25, 0.3) is 0 Å². The van der Waals surface area contributed by atoms with Crippen LogP contribution in [0.2, 0.25) is 0 Å². The molecule has 0 aromatic rings. The number of amides is 1. The molecule has 0 unspecified atom stereocenters. The normalized spacial score (nSPS) is 40.3. The third kappa shape index (κ3) is 1.83. The van der Waals surface area contributed by atoms with Crippen LogP contribution in [-0.4, -0.2) is 59.1 Å². The fourth-order valence-corrected chi connectivity index (χ4v) is 3.27. The van der Waals surface area contributed by atoms with Gasteiger partial charge in [-0.1, -0.05) is 19.1 Å². The summed E-state index contributed by atoms with van der Waals surface area (Å²) in [7, 11) is 2.58. The molecule has 0 bridgehead atoms. The van der Waals surface area contributed by atoms with Crippen molar-refractivity contribution in [3.63, 3.8) is 0 Å². The van der Waals surface area contributed by atoms with Crippen LogP contribution < -0.4 is 0 Å². The number of ketones is 1. The molecule has 1 spiro atoms. The number of methoxy groups -OCH3 is 1. The van der Waals surface area contributed by atoms with Gasteiger partial charge in [0.2, 0.25) is 0 Å². The number of ether oxygens (including phenoxy) is 1. The van der Waals surface area contributed by atoms with Gasteiger partial charge in [-0.05, 0) is 25.0 Å². The zero-order chi connectivity index (χ0) is 16.7. The Hall–Kier alpha value is -1.54. The zero-order valence-corrected chi connectivity index (χ0v) is 13.1. The lowest BCUT2D eigenvalue weighted by atomic mass is 9.66. The fourth-order valence-electron chi connectivity index (χ4n) is 3.27. The highest BCUT2D eigenvalue weighted by Crippen LogP contribution is 2.52. The Labute approximate surface area is 128 Å². The monoisotopic (exact) mass is 311 g/mol. The Bertz CT molecular complexity index is 556. The van der Waals surface area contributed by atoms with Crippen molar-refractivity contribution in [2.75, 3.05) is 14.2 Å². The van der Waals surface area contributed by atoms with Gasteiger partial charge in [-0.3, -0.25) is 14.4 Å². The van der Waals surface area contributed by atoms with Gasteiger partial charge in [0.05, 0.1) is 7.11 Å². The second kappa shape index (κ2) is 5.58. The van der Waals surface area contributed by atoms with Crippen molar-refractivity contribution in [3.05, 3.63) is 23.8 Å². The third-order valence-electron chi connectivity index (χ3n) is 4.51. The first kappa shape index (κ1) is 16.8. The van der Waals surface area contributed by atoms with Gasteiger partial charge in [0.25, 0.3) is 5.91 Å². The van der Waals surface area contributed by atoms with Gasteiger partial charge in [0.1, 0.15) is 17.6 Å². The van der Waals surface area contributed by atoms with E-state index < -0.39 is 35.0 Å². The molecule has 0 radical (unpaired) electrons. The minimum absolute atomic E-state index is 0.377. The summed E-state index contributed by atoms with van der Waals surface area (Å²) < 4.78 is 5.28. The number of carbonyl (C=O) groups is 2. The Morgan fingerprint density at radius 3 is 2.41 bits per heavy atom. The molecule has 1 aliphatic carbocycles. The molecule has 7 nitrogen and oxygen atoms in total. The number of carbonyl (C=O) groups excluding carboxylic acids is 2. The number of rotatable bonds is 3. The smallest absolute Gasteiger partial charge is 0.265 e. The first-order valence-electron chi connectivity index (χ1n) is 7.04. The molecule has 1 saturated heterocycles. The number of hydrogen-bond donors (Lipinski definition) is 2. The first-order chi connectivity index (χ1) is 10.3. The average molecular weight is 311 g/mol. The van der Waals surface area contributed by atoms with E-state index in [2.05, 4.69) is 0 Å². The molecule has 2 N–H and O–H groups in total. The van der Waals surface area contributed by atoms with Gasteiger partial charge in [-0.2, -0.15) is 5.06 Å². The van der Waals surface area contributed by atoms with Crippen molar-refractivity contribution < 1.29 is 29.4 Å². The zero-order valence-electron chi connectivity index (χ0n) is 13.1. The van der Waals surface area contributed by atoms with Gasteiger partial charge >= 0.3 is 0 Å². The van der Waals surface area contributed by atoms with E-state index in [1.54, 1.807) is 6.08 Å². The summed E-state index contributed by atoms with van der Waals surface area (Å²) in [6.45, 7) is 3.32. The van der Waals surface area contributed by atoms with Gasteiger partial charge in [0.15, 0.2) is 11.5 Å². The molecule has 0 aromatic carbocycles. The highest BCUT2D eigenvalue weighted by Gasteiger charge is 2.71. The van der Waals surface area contributed by atoms with E-state index in [4.69, 9.17) is 9.57 Å². The van der Waals surface area contributed by atoms with Crippen LogP contribution in [0.1, 0.15) is 20.3 Å². The lowest BCUT2D eigenvalue weighted by molar-refractivity contribution is -0.273. The minimum Gasteiger partial charge on any atom is -0.386 e. The molecule has 4 atom stereocenters. The Morgan fingerprint density at radius 2 is 1.95 bits per heavy atom. The number of nitrogens with zero attached hydrogens (tertiary/aromatic N) is 1. The Kier molecular flexibility index (Phi) is 4.27. The van der Waals surface area contributed by atoms with Crippen LogP contribution in [0.5, 0.6) is 0 Å². The summed E-state index contributed by atoms with van der Waals surface area (Å²) >= 11 is 0. The predicted octanol–water partition coefficient (Wildman–Crippen LogP) is -0.0639. The van der Waals surface area contributed by atoms with E-state index >= 15 is 0 Å². The number of allylic oxidation sites excluding steroid dienone is 2. The van der Waals surface area contributed by atoms with E-state index in [1.807, 2.05) is 6.92 Å². The molecule has 0 saturated carbocycles. The molecule has 7 heteroatoms. The fraction of sp³-hybridized carbons (Fsp3) is 0.600. The van der Waals surface area contributed by atoms with Crippen LogP contribution in [0.4, 0.5) is 0 Å². The molecule has 0 aromatic heterocycles. The lowest BCUT2D eigenvalue weighted by Crippen LogP contribution is -2.56. The average Bonchev–Trinajstić information content (AvgIpc) is 2.67. The Balaban J connectivity index is 2.73. The molecule has 2 aliphatic rings. The van der Waals surface area contributed by atoms with Gasteiger partial charge in [-0.25, -0.2) is 0 Å². The molecule has 1 aliphatic heterocycles. The van der Waals surface area contributed by atoms with Crippen LogP contribution in [0.15, 0.2) is 23.8 Å². The van der Waals surface area contributed by atoms with Crippen LogP contribution >= 0.6 is 0 Å². The van der Waals surface area contributed by atoms with E-state index in [0.717, 1.165) is 5.06 Å². The van der Waals surface area contributed by atoms with Crippen molar-refractivity contribution in [2.45, 2.75) is 38.2 Å². The molecular formula is C15H21NO6. The van der Waals surface area contributed by atoms with E-state index in [1.165, 1.54) is 33.3 Å². The number of hydrogen-bond acceptors (Lipinski definition) is 6. The first-order valence-corrected chi connectivity index (χ1v) is 7.04. The second-order valence-corrected chi connectivity index (χ2v) is 5.52. The molecule has 1 amide bonds. The summed E-state index contributed by atoms with van der Waals surface area (Å²) in [5.74, 6) is -1.35.